The van der Waals surface area contributed by atoms with E-state index in [4.69, 9.17) is 0 Å². The average molecular weight is 283 g/mol. The number of nitro groups is 1. The van der Waals surface area contributed by atoms with Gasteiger partial charge < -0.3 is 9.72 Å². The molecule has 0 radical (unpaired) electrons. The van der Waals surface area contributed by atoms with Crippen LogP contribution in [0.3, 0.4) is 0 Å². The summed E-state index contributed by atoms with van der Waals surface area (Å²) in [5.74, 6) is 0.578. The molecule has 0 spiro atoms. The van der Waals surface area contributed by atoms with Crippen LogP contribution in [0.15, 0.2) is 42.7 Å². The van der Waals surface area contributed by atoms with Crippen molar-refractivity contribution >= 4 is 17.2 Å². The van der Waals surface area contributed by atoms with Crippen LogP contribution in [0.1, 0.15) is 11.4 Å². The largest absolute Gasteiger partial charge is 0.364 e. The molecule has 7 nitrogen and oxygen atoms in total. The Bertz CT molecular complexity index is 795. The molecule has 21 heavy (non-hydrogen) atoms. The lowest BCUT2D eigenvalue weighted by Gasteiger charge is -2.02. The SMILES string of the molecule is Cc1cccc2nc(CNc3ccc([N+](=O)[O-])cn3)cn12. The Labute approximate surface area is 120 Å². The van der Waals surface area contributed by atoms with Crippen LogP contribution in [0.5, 0.6) is 0 Å². The van der Waals surface area contributed by atoms with Crippen LogP contribution in [0.4, 0.5) is 11.5 Å². The predicted octanol–water partition coefficient (Wildman–Crippen LogP) is 2.56. The molecule has 106 valence electrons. The molecular weight excluding hydrogens is 270 g/mol. The zero-order valence-electron chi connectivity index (χ0n) is 11.4. The third-order valence-corrected chi connectivity index (χ3v) is 3.16. The molecule has 3 aromatic heterocycles. The standard InChI is InChI=1S/C14H13N5O2/c1-10-3-2-4-14-17-11(9-18(10)14)7-15-13-6-5-12(8-16-13)19(20)21/h2-6,8-9H,7H2,1H3,(H,15,16). The van der Waals surface area contributed by atoms with Crippen LogP contribution in [-0.4, -0.2) is 19.3 Å². The summed E-state index contributed by atoms with van der Waals surface area (Å²) in [6, 6.07) is 8.93. The summed E-state index contributed by atoms with van der Waals surface area (Å²) in [6.07, 6.45) is 3.19. The van der Waals surface area contributed by atoms with Crippen molar-refractivity contribution in [1.29, 1.82) is 0 Å². The van der Waals surface area contributed by atoms with Gasteiger partial charge in [-0.1, -0.05) is 6.07 Å². The van der Waals surface area contributed by atoms with Crippen LogP contribution in [0, 0.1) is 17.0 Å². The van der Waals surface area contributed by atoms with Gasteiger partial charge >= 0.3 is 0 Å². The minimum atomic E-state index is -0.471. The number of fused-ring (bicyclic) bond motifs is 1. The minimum Gasteiger partial charge on any atom is -0.364 e. The quantitative estimate of drug-likeness (QED) is 0.587. The van der Waals surface area contributed by atoms with E-state index >= 15 is 0 Å². The van der Waals surface area contributed by atoms with E-state index in [-0.39, 0.29) is 5.69 Å². The third kappa shape index (κ3) is 2.66. The van der Waals surface area contributed by atoms with Crippen molar-refractivity contribution in [1.82, 2.24) is 14.4 Å². The number of nitrogens with zero attached hydrogens (tertiary/aromatic N) is 4. The fourth-order valence-electron chi connectivity index (χ4n) is 2.06. The van der Waals surface area contributed by atoms with Gasteiger partial charge in [-0.15, -0.1) is 0 Å². The Morgan fingerprint density at radius 1 is 1.33 bits per heavy atom. The maximum atomic E-state index is 10.6. The van der Waals surface area contributed by atoms with Gasteiger partial charge in [-0.3, -0.25) is 10.1 Å². The summed E-state index contributed by atoms with van der Waals surface area (Å²) < 4.78 is 2.01. The molecular formula is C14H13N5O2. The van der Waals surface area contributed by atoms with E-state index in [1.165, 1.54) is 12.3 Å². The topological polar surface area (TPSA) is 85.4 Å². The molecule has 0 unspecified atom stereocenters. The van der Waals surface area contributed by atoms with E-state index in [0.29, 0.717) is 12.4 Å². The second-order valence-corrected chi connectivity index (χ2v) is 4.64. The minimum absolute atomic E-state index is 0.0242. The molecule has 0 saturated carbocycles. The molecule has 0 aliphatic carbocycles. The highest BCUT2D eigenvalue weighted by atomic mass is 16.6. The van der Waals surface area contributed by atoms with Crippen LogP contribution >= 0.6 is 0 Å². The lowest BCUT2D eigenvalue weighted by Crippen LogP contribution is -2.01. The highest BCUT2D eigenvalue weighted by Crippen LogP contribution is 2.13. The molecule has 1 N–H and O–H groups in total. The summed E-state index contributed by atoms with van der Waals surface area (Å²) in [5.41, 5.74) is 2.86. The van der Waals surface area contributed by atoms with Crippen LogP contribution in [0.2, 0.25) is 0 Å². The molecule has 0 amide bonds. The monoisotopic (exact) mass is 283 g/mol. The van der Waals surface area contributed by atoms with Crippen molar-refractivity contribution < 1.29 is 4.92 Å². The van der Waals surface area contributed by atoms with E-state index in [9.17, 15) is 10.1 Å². The first kappa shape index (κ1) is 13.0. The van der Waals surface area contributed by atoms with E-state index in [1.807, 2.05) is 35.7 Å². The van der Waals surface area contributed by atoms with Gasteiger partial charge in [0.2, 0.25) is 0 Å². The van der Waals surface area contributed by atoms with E-state index in [2.05, 4.69) is 15.3 Å². The Morgan fingerprint density at radius 2 is 2.19 bits per heavy atom. The molecule has 0 atom stereocenters. The molecule has 0 aliphatic heterocycles. The normalized spacial score (nSPS) is 10.7. The number of imidazole rings is 1. The third-order valence-electron chi connectivity index (χ3n) is 3.16. The van der Waals surface area contributed by atoms with Crippen LogP contribution in [0.25, 0.3) is 5.65 Å². The summed E-state index contributed by atoms with van der Waals surface area (Å²) in [5, 5.41) is 13.7. The van der Waals surface area contributed by atoms with Crippen molar-refractivity contribution in [3.63, 3.8) is 0 Å². The van der Waals surface area contributed by atoms with Gasteiger partial charge in [0, 0.05) is 18.0 Å². The smallest absolute Gasteiger partial charge is 0.287 e. The van der Waals surface area contributed by atoms with Crippen molar-refractivity contribution in [2.45, 2.75) is 13.5 Å². The van der Waals surface area contributed by atoms with E-state index in [1.54, 1.807) is 6.07 Å². The van der Waals surface area contributed by atoms with E-state index in [0.717, 1.165) is 17.0 Å². The second kappa shape index (κ2) is 5.20. The first-order chi connectivity index (χ1) is 10.1. The molecule has 0 saturated heterocycles. The fourth-order valence-corrected chi connectivity index (χ4v) is 2.06. The number of rotatable bonds is 4. The molecule has 3 heterocycles. The van der Waals surface area contributed by atoms with Gasteiger partial charge in [-0.05, 0) is 25.1 Å². The molecule has 3 rings (SSSR count). The Balaban J connectivity index is 1.74. The van der Waals surface area contributed by atoms with Gasteiger partial charge in [0.15, 0.2) is 0 Å². The average Bonchev–Trinajstić information content (AvgIpc) is 2.90. The highest BCUT2D eigenvalue weighted by Gasteiger charge is 2.06. The lowest BCUT2D eigenvalue weighted by molar-refractivity contribution is -0.385. The van der Waals surface area contributed by atoms with Crippen molar-refractivity contribution in [2.75, 3.05) is 5.32 Å². The van der Waals surface area contributed by atoms with Crippen molar-refractivity contribution in [3.05, 3.63) is 64.2 Å². The molecule has 0 aliphatic rings. The van der Waals surface area contributed by atoms with Crippen molar-refractivity contribution in [2.24, 2.45) is 0 Å². The van der Waals surface area contributed by atoms with Gasteiger partial charge in [0.05, 0.1) is 17.2 Å². The number of hydrogen-bond donors (Lipinski definition) is 1. The summed E-state index contributed by atoms with van der Waals surface area (Å²) in [7, 11) is 0. The van der Waals surface area contributed by atoms with Gasteiger partial charge in [-0.2, -0.15) is 0 Å². The Kier molecular flexibility index (Phi) is 3.23. The maximum absolute atomic E-state index is 10.6. The number of hydrogen-bond acceptors (Lipinski definition) is 5. The summed E-state index contributed by atoms with van der Waals surface area (Å²) in [6.45, 7) is 2.52. The summed E-state index contributed by atoms with van der Waals surface area (Å²) >= 11 is 0. The Hall–Kier alpha value is -2.96. The van der Waals surface area contributed by atoms with E-state index < -0.39 is 4.92 Å². The molecule has 0 aromatic carbocycles. The predicted molar refractivity (Wildman–Crippen MR) is 78.1 cm³/mol. The number of pyridine rings is 2. The van der Waals surface area contributed by atoms with Crippen LogP contribution in [-0.2, 0) is 6.54 Å². The van der Waals surface area contributed by atoms with Crippen LogP contribution < -0.4 is 5.32 Å². The van der Waals surface area contributed by atoms with Gasteiger partial charge in [0.25, 0.3) is 5.69 Å². The zero-order valence-corrected chi connectivity index (χ0v) is 11.4. The number of aryl methyl sites for hydroxylation is 1. The van der Waals surface area contributed by atoms with Gasteiger partial charge in [0.1, 0.15) is 17.7 Å². The summed E-state index contributed by atoms with van der Waals surface area (Å²) in [4.78, 5) is 18.6. The maximum Gasteiger partial charge on any atom is 0.287 e. The molecule has 3 aromatic rings. The molecule has 0 fully saturated rings. The first-order valence-corrected chi connectivity index (χ1v) is 6.41. The second-order valence-electron chi connectivity index (χ2n) is 4.64. The Morgan fingerprint density at radius 3 is 2.86 bits per heavy atom. The number of anilines is 1. The number of aromatic nitrogens is 3. The highest BCUT2D eigenvalue weighted by molar-refractivity contribution is 5.43. The first-order valence-electron chi connectivity index (χ1n) is 6.41. The zero-order chi connectivity index (χ0) is 14.8. The lowest BCUT2D eigenvalue weighted by atomic mass is 10.4. The molecule has 0 bridgehead atoms. The molecule has 7 heteroatoms. The fraction of sp³-hybridized carbons (Fsp3) is 0.143. The van der Waals surface area contributed by atoms with Gasteiger partial charge in [-0.25, -0.2) is 9.97 Å². The van der Waals surface area contributed by atoms with Crippen molar-refractivity contribution in [3.8, 4) is 0 Å². The number of nitrogens with one attached hydrogen (secondary N) is 1.